The van der Waals surface area contributed by atoms with Gasteiger partial charge in [-0.15, -0.1) is 0 Å². The molecule has 1 aromatic rings. The average Bonchev–Trinajstić information content (AvgIpc) is 2.35. The Bertz CT molecular complexity index is 538. The van der Waals surface area contributed by atoms with Crippen molar-refractivity contribution in [2.45, 2.75) is 24.8 Å². The van der Waals surface area contributed by atoms with Crippen molar-refractivity contribution in [3.05, 3.63) is 24.3 Å². The summed E-state index contributed by atoms with van der Waals surface area (Å²) in [5.41, 5.74) is 5.94. The van der Waals surface area contributed by atoms with Gasteiger partial charge in [-0.05, 0) is 37.2 Å². The van der Waals surface area contributed by atoms with Gasteiger partial charge in [0.1, 0.15) is 6.04 Å². The van der Waals surface area contributed by atoms with E-state index in [-0.39, 0.29) is 10.8 Å². The molecule has 0 aliphatic rings. The van der Waals surface area contributed by atoms with Crippen molar-refractivity contribution in [2.75, 3.05) is 12.4 Å². The van der Waals surface area contributed by atoms with Gasteiger partial charge in [-0.2, -0.15) is 0 Å². The highest BCUT2D eigenvalue weighted by Gasteiger charge is 2.19. The fourth-order valence-corrected chi connectivity index (χ4v) is 2.32. The zero-order valence-corrected chi connectivity index (χ0v) is 12.0. The predicted octanol–water partition coefficient (Wildman–Crippen LogP) is 0.516. The summed E-state index contributed by atoms with van der Waals surface area (Å²) < 4.78 is 25.3. The number of hydrogen-bond donors (Lipinski definition) is 3. The van der Waals surface area contributed by atoms with Crippen molar-refractivity contribution in [3.8, 4) is 0 Å². The molecule has 1 amide bonds. The van der Waals surface area contributed by atoms with Crippen LogP contribution in [0.3, 0.4) is 0 Å². The molecule has 0 saturated heterocycles. The lowest BCUT2D eigenvalue weighted by molar-refractivity contribution is -0.119. The Morgan fingerprint density at radius 3 is 2.11 bits per heavy atom. The monoisotopic (exact) mass is 285 g/mol. The molecule has 0 aliphatic heterocycles. The Balaban J connectivity index is 2.91. The van der Waals surface area contributed by atoms with Crippen molar-refractivity contribution in [1.82, 2.24) is 4.72 Å². The first-order valence-corrected chi connectivity index (χ1v) is 7.35. The van der Waals surface area contributed by atoms with Gasteiger partial charge in [-0.3, -0.25) is 4.79 Å². The topological polar surface area (TPSA) is 101 Å². The number of carbonyl (C=O) groups excluding carboxylic acids is 1. The molecule has 1 unspecified atom stereocenters. The Kier molecular flexibility index (Phi) is 4.90. The molecular formula is C12H19N3O3S. The first-order chi connectivity index (χ1) is 8.77. The average molecular weight is 285 g/mol. The second kappa shape index (κ2) is 6.03. The molecule has 0 aliphatic carbocycles. The van der Waals surface area contributed by atoms with Crippen LogP contribution in [0.25, 0.3) is 0 Å². The summed E-state index contributed by atoms with van der Waals surface area (Å²) in [7, 11) is -2.09. The first-order valence-electron chi connectivity index (χ1n) is 5.87. The van der Waals surface area contributed by atoms with E-state index < -0.39 is 22.0 Å². The molecule has 0 spiro atoms. The molecule has 4 N–H and O–H groups in total. The summed E-state index contributed by atoms with van der Waals surface area (Å²) in [6.45, 7) is 3.75. The van der Waals surface area contributed by atoms with Gasteiger partial charge in [0, 0.05) is 5.69 Å². The Labute approximate surface area is 113 Å². The molecule has 0 heterocycles. The molecule has 1 atom stereocenters. The van der Waals surface area contributed by atoms with Crippen LogP contribution in [-0.4, -0.2) is 27.4 Å². The predicted molar refractivity (Wildman–Crippen MR) is 74.1 cm³/mol. The molecule has 0 fully saturated rings. The van der Waals surface area contributed by atoms with Gasteiger partial charge < -0.3 is 11.1 Å². The van der Waals surface area contributed by atoms with Crippen LogP contribution in [0.5, 0.6) is 0 Å². The molecule has 7 heteroatoms. The van der Waals surface area contributed by atoms with Gasteiger partial charge in [0.2, 0.25) is 15.9 Å². The molecule has 0 radical (unpaired) electrons. The summed E-state index contributed by atoms with van der Waals surface area (Å²) in [6.07, 6.45) is 0. The highest BCUT2D eigenvalue weighted by Crippen LogP contribution is 2.16. The van der Waals surface area contributed by atoms with Crippen LogP contribution in [0, 0.1) is 5.92 Å². The summed E-state index contributed by atoms with van der Waals surface area (Å²) >= 11 is 0. The third-order valence-electron chi connectivity index (χ3n) is 2.73. The third-order valence-corrected chi connectivity index (χ3v) is 4.16. The third kappa shape index (κ3) is 3.93. The van der Waals surface area contributed by atoms with E-state index in [1.807, 2.05) is 13.8 Å². The Morgan fingerprint density at radius 1 is 1.21 bits per heavy atom. The van der Waals surface area contributed by atoms with Crippen molar-refractivity contribution in [2.24, 2.45) is 11.7 Å². The normalized spacial score (nSPS) is 13.3. The van der Waals surface area contributed by atoms with Crippen LogP contribution in [0.4, 0.5) is 5.69 Å². The summed E-state index contributed by atoms with van der Waals surface area (Å²) in [5, 5.41) is 2.98. The first kappa shape index (κ1) is 15.5. The minimum Gasteiger partial charge on any atom is -0.373 e. The molecule has 1 rings (SSSR count). The van der Waals surface area contributed by atoms with E-state index in [1.165, 1.54) is 19.2 Å². The van der Waals surface area contributed by atoms with E-state index in [0.717, 1.165) is 0 Å². The van der Waals surface area contributed by atoms with Crippen LogP contribution < -0.4 is 15.8 Å². The zero-order chi connectivity index (χ0) is 14.6. The molecule has 6 nitrogen and oxygen atoms in total. The van der Waals surface area contributed by atoms with Crippen molar-refractivity contribution >= 4 is 21.6 Å². The fourth-order valence-electron chi connectivity index (χ4n) is 1.59. The lowest BCUT2D eigenvalue weighted by Gasteiger charge is -2.20. The Morgan fingerprint density at radius 2 is 1.74 bits per heavy atom. The number of carbonyl (C=O) groups is 1. The van der Waals surface area contributed by atoms with Crippen molar-refractivity contribution < 1.29 is 13.2 Å². The summed E-state index contributed by atoms with van der Waals surface area (Å²) in [5.74, 6) is -0.403. The van der Waals surface area contributed by atoms with E-state index in [2.05, 4.69) is 10.0 Å². The molecule has 0 bridgehead atoms. The van der Waals surface area contributed by atoms with Crippen LogP contribution >= 0.6 is 0 Å². The van der Waals surface area contributed by atoms with Gasteiger partial charge >= 0.3 is 0 Å². The standard InChI is InChI=1S/C12H19N3O3S/c1-8(2)11(12(13)16)15-9-4-6-10(7-5-9)19(17,18)14-3/h4-8,11,14-15H,1-3H3,(H2,13,16). The number of primary amides is 1. The molecular weight excluding hydrogens is 266 g/mol. The van der Waals surface area contributed by atoms with E-state index in [1.54, 1.807) is 12.1 Å². The quantitative estimate of drug-likeness (QED) is 0.709. The molecule has 1 aromatic carbocycles. The minimum atomic E-state index is -3.45. The molecule has 19 heavy (non-hydrogen) atoms. The maximum absolute atomic E-state index is 11.5. The second-order valence-corrected chi connectivity index (χ2v) is 6.39. The summed E-state index contributed by atoms with van der Waals surface area (Å²) in [6, 6.07) is 5.64. The van der Waals surface area contributed by atoms with Gasteiger partial charge in [-0.25, -0.2) is 13.1 Å². The van der Waals surface area contributed by atoms with Crippen molar-refractivity contribution in [3.63, 3.8) is 0 Å². The molecule has 0 aromatic heterocycles. The van der Waals surface area contributed by atoms with Gasteiger partial charge in [0.25, 0.3) is 0 Å². The summed E-state index contributed by atoms with van der Waals surface area (Å²) in [4.78, 5) is 11.4. The molecule has 0 saturated carbocycles. The molecule has 106 valence electrons. The lowest BCUT2D eigenvalue weighted by atomic mass is 10.0. The van der Waals surface area contributed by atoms with E-state index in [0.29, 0.717) is 5.69 Å². The number of benzene rings is 1. The number of hydrogen-bond acceptors (Lipinski definition) is 4. The van der Waals surface area contributed by atoms with E-state index in [4.69, 9.17) is 5.73 Å². The van der Waals surface area contributed by atoms with E-state index in [9.17, 15) is 13.2 Å². The van der Waals surface area contributed by atoms with E-state index >= 15 is 0 Å². The highest BCUT2D eigenvalue weighted by atomic mass is 32.2. The second-order valence-electron chi connectivity index (χ2n) is 4.50. The van der Waals surface area contributed by atoms with Crippen LogP contribution in [0.15, 0.2) is 29.2 Å². The minimum absolute atomic E-state index is 0.0400. The number of anilines is 1. The number of sulfonamides is 1. The van der Waals surface area contributed by atoms with Crippen molar-refractivity contribution in [1.29, 1.82) is 0 Å². The fraction of sp³-hybridized carbons (Fsp3) is 0.417. The lowest BCUT2D eigenvalue weighted by Crippen LogP contribution is -2.39. The number of nitrogens with one attached hydrogen (secondary N) is 2. The van der Waals surface area contributed by atoms with Gasteiger partial charge in [0.15, 0.2) is 0 Å². The zero-order valence-electron chi connectivity index (χ0n) is 11.2. The largest absolute Gasteiger partial charge is 0.373 e. The smallest absolute Gasteiger partial charge is 0.240 e. The number of rotatable bonds is 6. The number of nitrogens with two attached hydrogens (primary N) is 1. The maximum atomic E-state index is 11.5. The van der Waals surface area contributed by atoms with Crippen LogP contribution in [-0.2, 0) is 14.8 Å². The van der Waals surface area contributed by atoms with Gasteiger partial charge in [0.05, 0.1) is 4.90 Å². The number of amides is 1. The van der Waals surface area contributed by atoms with Crippen LogP contribution in [0.2, 0.25) is 0 Å². The SMILES string of the molecule is CNS(=O)(=O)c1ccc(NC(C(N)=O)C(C)C)cc1. The highest BCUT2D eigenvalue weighted by molar-refractivity contribution is 7.89. The van der Waals surface area contributed by atoms with Crippen LogP contribution in [0.1, 0.15) is 13.8 Å². The maximum Gasteiger partial charge on any atom is 0.240 e. The Hall–Kier alpha value is -1.60. The van der Waals surface area contributed by atoms with Gasteiger partial charge in [-0.1, -0.05) is 13.8 Å².